The van der Waals surface area contributed by atoms with Crippen molar-refractivity contribution in [3.8, 4) is 5.75 Å². The van der Waals surface area contributed by atoms with Gasteiger partial charge in [-0.2, -0.15) is 0 Å². The van der Waals surface area contributed by atoms with E-state index < -0.39 is 10.0 Å². The molecule has 2 aliphatic heterocycles. The Hall–Kier alpha value is -1.31. The molecule has 116 valence electrons. The first-order valence-corrected chi connectivity index (χ1v) is 8.67. The summed E-state index contributed by atoms with van der Waals surface area (Å²) in [6.45, 7) is 2.84. The molecule has 0 bridgehead atoms. The smallest absolute Gasteiger partial charge is 0.246 e. The molecular weight excluding hydrogens is 292 g/mol. The van der Waals surface area contributed by atoms with Gasteiger partial charge < -0.3 is 14.7 Å². The summed E-state index contributed by atoms with van der Waals surface area (Å²) in [6, 6.07) is 4.95. The van der Waals surface area contributed by atoms with Gasteiger partial charge in [0.15, 0.2) is 0 Å². The first-order valence-electron chi connectivity index (χ1n) is 7.18. The lowest BCUT2D eigenvalue weighted by molar-refractivity contribution is 0.265. The van der Waals surface area contributed by atoms with E-state index >= 15 is 0 Å². The lowest BCUT2D eigenvalue weighted by atomic mass is 10.2. The van der Waals surface area contributed by atoms with Crippen LogP contribution in [0.3, 0.4) is 0 Å². The van der Waals surface area contributed by atoms with Crippen LogP contribution in [-0.2, 0) is 10.0 Å². The number of aliphatic hydroxyl groups excluding tert-OH is 1. The SMILES string of the molecule is C[C@@H]1COc2cccc(N3CCC[C@@H]3CO)c2S(=O)(=O)N1. The molecule has 0 radical (unpaired) electrons. The minimum atomic E-state index is -3.63. The van der Waals surface area contributed by atoms with Crippen molar-refractivity contribution in [3.63, 3.8) is 0 Å². The molecule has 3 rings (SSSR count). The van der Waals surface area contributed by atoms with Crippen molar-refractivity contribution in [2.45, 2.75) is 36.7 Å². The second-order valence-corrected chi connectivity index (χ2v) is 7.26. The molecule has 2 aliphatic rings. The lowest BCUT2D eigenvalue weighted by Crippen LogP contribution is -2.36. The molecule has 1 aromatic rings. The van der Waals surface area contributed by atoms with Gasteiger partial charge in [-0.05, 0) is 31.9 Å². The van der Waals surface area contributed by atoms with Crippen LogP contribution in [0, 0.1) is 0 Å². The van der Waals surface area contributed by atoms with Crippen LogP contribution >= 0.6 is 0 Å². The number of nitrogens with one attached hydrogen (secondary N) is 1. The number of nitrogens with zero attached hydrogens (tertiary/aromatic N) is 1. The van der Waals surface area contributed by atoms with Gasteiger partial charge in [-0.1, -0.05) is 6.07 Å². The molecule has 0 unspecified atom stereocenters. The van der Waals surface area contributed by atoms with Crippen LogP contribution in [0.2, 0.25) is 0 Å². The Balaban J connectivity index is 2.12. The van der Waals surface area contributed by atoms with Crippen molar-refractivity contribution >= 4 is 15.7 Å². The van der Waals surface area contributed by atoms with Crippen molar-refractivity contribution in [1.29, 1.82) is 0 Å². The van der Waals surface area contributed by atoms with E-state index in [4.69, 9.17) is 4.74 Å². The van der Waals surface area contributed by atoms with Crippen LogP contribution in [0.1, 0.15) is 19.8 Å². The summed E-state index contributed by atoms with van der Waals surface area (Å²) in [7, 11) is -3.63. The number of sulfonamides is 1. The topological polar surface area (TPSA) is 78.9 Å². The van der Waals surface area contributed by atoms with Crippen LogP contribution in [0.5, 0.6) is 5.75 Å². The Morgan fingerprint density at radius 3 is 3.05 bits per heavy atom. The molecule has 0 aromatic heterocycles. The molecule has 2 atom stereocenters. The third kappa shape index (κ3) is 2.61. The molecule has 6 nitrogen and oxygen atoms in total. The maximum atomic E-state index is 12.6. The number of ether oxygens (including phenoxy) is 1. The highest BCUT2D eigenvalue weighted by atomic mass is 32.2. The van der Waals surface area contributed by atoms with Crippen LogP contribution < -0.4 is 14.4 Å². The second kappa shape index (κ2) is 5.47. The Bertz CT molecular complexity index is 632. The summed E-state index contributed by atoms with van der Waals surface area (Å²) < 4.78 is 33.5. The molecule has 1 aromatic carbocycles. The first kappa shape index (κ1) is 14.6. The fourth-order valence-electron chi connectivity index (χ4n) is 3.03. The summed E-state index contributed by atoms with van der Waals surface area (Å²) in [4.78, 5) is 2.16. The Kier molecular flexibility index (Phi) is 3.81. The summed E-state index contributed by atoms with van der Waals surface area (Å²) in [5.74, 6) is 0.382. The summed E-state index contributed by atoms with van der Waals surface area (Å²) in [5.41, 5.74) is 0.616. The summed E-state index contributed by atoms with van der Waals surface area (Å²) in [5, 5.41) is 9.49. The van der Waals surface area contributed by atoms with Gasteiger partial charge in [-0.25, -0.2) is 13.1 Å². The molecular formula is C14H20N2O4S. The number of hydrogen-bond acceptors (Lipinski definition) is 5. The monoisotopic (exact) mass is 312 g/mol. The number of hydrogen-bond donors (Lipinski definition) is 2. The van der Waals surface area contributed by atoms with E-state index in [-0.39, 0.29) is 23.6 Å². The average Bonchev–Trinajstić information content (AvgIpc) is 2.88. The van der Waals surface area contributed by atoms with Gasteiger partial charge in [-0.15, -0.1) is 0 Å². The van der Waals surface area contributed by atoms with Gasteiger partial charge in [-0.3, -0.25) is 0 Å². The van der Waals surface area contributed by atoms with Crippen LogP contribution in [0.15, 0.2) is 23.1 Å². The molecule has 0 saturated carbocycles. The molecule has 1 fully saturated rings. The van der Waals surface area contributed by atoms with Crippen LogP contribution in [0.25, 0.3) is 0 Å². The van der Waals surface area contributed by atoms with Crippen molar-refractivity contribution in [2.24, 2.45) is 0 Å². The Morgan fingerprint density at radius 1 is 1.48 bits per heavy atom. The first-order chi connectivity index (χ1) is 10.0. The minimum absolute atomic E-state index is 0.0222. The zero-order chi connectivity index (χ0) is 15.0. The molecule has 0 amide bonds. The third-order valence-corrected chi connectivity index (χ3v) is 5.63. The van der Waals surface area contributed by atoms with Crippen molar-refractivity contribution in [2.75, 3.05) is 24.7 Å². The van der Waals surface area contributed by atoms with E-state index in [1.807, 2.05) is 4.90 Å². The minimum Gasteiger partial charge on any atom is -0.490 e. The van der Waals surface area contributed by atoms with Crippen molar-refractivity contribution < 1.29 is 18.3 Å². The van der Waals surface area contributed by atoms with Crippen molar-refractivity contribution in [3.05, 3.63) is 18.2 Å². The molecule has 0 spiro atoms. The van der Waals surface area contributed by atoms with Gasteiger partial charge in [0.25, 0.3) is 0 Å². The second-order valence-electron chi connectivity index (χ2n) is 5.61. The number of benzene rings is 1. The number of fused-ring (bicyclic) bond motifs is 1. The Morgan fingerprint density at radius 2 is 2.29 bits per heavy atom. The lowest BCUT2D eigenvalue weighted by Gasteiger charge is -2.27. The van der Waals surface area contributed by atoms with Gasteiger partial charge >= 0.3 is 0 Å². The molecule has 21 heavy (non-hydrogen) atoms. The molecule has 2 heterocycles. The fraction of sp³-hybridized carbons (Fsp3) is 0.571. The van der Waals surface area contributed by atoms with Gasteiger partial charge in [0, 0.05) is 6.54 Å². The van der Waals surface area contributed by atoms with E-state index in [1.165, 1.54) is 0 Å². The number of anilines is 1. The third-order valence-electron chi connectivity index (χ3n) is 3.97. The Labute approximate surface area is 124 Å². The van der Waals surface area contributed by atoms with E-state index in [9.17, 15) is 13.5 Å². The maximum absolute atomic E-state index is 12.6. The zero-order valence-electron chi connectivity index (χ0n) is 11.9. The molecule has 2 N–H and O–H groups in total. The van der Waals surface area contributed by atoms with Gasteiger partial charge in [0.1, 0.15) is 17.3 Å². The van der Waals surface area contributed by atoms with Gasteiger partial charge in [0.2, 0.25) is 10.0 Å². The average molecular weight is 312 g/mol. The fourth-order valence-corrected chi connectivity index (χ4v) is 4.60. The highest BCUT2D eigenvalue weighted by molar-refractivity contribution is 7.89. The van der Waals surface area contributed by atoms with E-state index in [1.54, 1.807) is 25.1 Å². The predicted octanol–water partition coefficient (Wildman–Crippen LogP) is 0.707. The van der Waals surface area contributed by atoms with Crippen LogP contribution in [-0.4, -0.2) is 45.4 Å². The zero-order valence-corrected chi connectivity index (χ0v) is 12.8. The predicted molar refractivity (Wildman–Crippen MR) is 79.2 cm³/mol. The quantitative estimate of drug-likeness (QED) is 0.841. The largest absolute Gasteiger partial charge is 0.490 e. The van der Waals surface area contributed by atoms with E-state index in [0.717, 1.165) is 19.4 Å². The summed E-state index contributed by atoms with van der Waals surface area (Å²) in [6.07, 6.45) is 1.81. The molecule has 1 saturated heterocycles. The van der Waals surface area contributed by atoms with Gasteiger partial charge in [0.05, 0.1) is 24.4 Å². The molecule has 7 heteroatoms. The molecule has 0 aliphatic carbocycles. The summed E-state index contributed by atoms with van der Waals surface area (Å²) >= 11 is 0. The number of aliphatic hydroxyl groups is 1. The van der Waals surface area contributed by atoms with Crippen molar-refractivity contribution in [1.82, 2.24) is 4.72 Å². The highest BCUT2D eigenvalue weighted by Gasteiger charge is 2.34. The highest BCUT2D eigenvalue weighted by Crippen LogP contribution is 2.38. The van der Waals surface area contributed by atoms with E-state index in [2.05, 4.69) is 4.72 Å². The maximum Gasteiger partial charge on any atom is 0.246 e. The van der Waals surface area contributed by atoms with Crippen LogP contribution in [0.4, 0.5) is 5.69 Å². The van der Waals surface area contributed by atoms with E-state index in [0.29, 0.717) is 18.0 Å². The normalized spacial score (nSPS) is 27.8. The standard InChI is InChI=1S/C14H20N2O4S/c1-10-9-20-13-6-2-5-12(14(13)21(18,19)15-10)16-7-3-4-11(16)8-17/h2,5-6,10-11,15,17H,3-4,7-9H2,1H3/t10-,11-/m1/s1. The number of rotatable bonds is 2.